The van der Waals surface area contributed by atoms with Gasteiger partial charge in [-0.1, -0.05) is 26.0 Å². The van der Waals surface area contributed by atoms with Crippen LogP contribution in [0.25, 0.3) is 0 Å². The lowest BCUT2D eigenvalue weighted by molar-refractivity contribution is -0.152. The number of ether oxygens (including phenoxy) is 1. The zero-order chi connectivity index (χ0) is 21.0. The largest absolute Gasteiger partial charge is 0.466 e. The number of carbonyl (C=O) groups is 3. The number of esters is 1. The Balaban J connectivity index is 1.69. The van der Waals surface area contributed by atoms with Crippen molar-refractivity contribution in [1.29, 1.82) is 0 Å². The number of thioether (sulfide) groups is 1. The monoisotopic (exact) mass is 415 g/mol. The fourth-order valence-electron chi connectivity index (χ4n) is 3.45. The Morgan fingerprint density at radius 3 is 2.62 bits per heavy atom. The summed E-state index contributed by atoms with van der Waals surface area (Å²) in [5, 5.41) is -0.372. The first kappa shape index (κ1) is 21.2. The predicted molar refractivity (Wildman–Crippen MR) is 111 cm³/mol. The Morgan fingerprint density at radius 1 is 1.21 bits per heavy atom. The third kappa shape index (κ3) is 4.56. The van der Waals surface area contributed by atoms with E-state index in [9.17, 15) is 14.4 Å². The number of nitrogens with zero attached hydrogens (tertiary/aromatic N) is 1. The first-order valence-electron chi connectivity index (χ1n) is 9.71. The second-order valence-corrected chi connectivity index (χ2v) is 7.99. The Labute approximate surface area is 174 Å². The molecule has 154 valence electrons. The number of Topliss-reactive ketones (excluding diaryl/α,β-unsaturated/α-hetero) is 1. The van der Waals surface area contributed by atoms with Crippen LogP contribution in [-0.4, -0.2) is 41.0 Å². The molecule has 7 heteroatoms. The highest BCUT2D eigenvalue weighted by molar-refractivity contribution is 7.99. The second-order valence-electron chi connectivity index (χ2n) is 6.87. The molecule has 0 radical (unpaired) electrons. The average Bonchev–Trinajstić information content (AvgIpc) is 3.40. The van der Waals surface area contributed by atoms with Gasteiger partial charge in [-0.2, -0.15) is 0 Å². The number of furan rings is 1. The van der Waals surface area contributed by atoms with Crippen LogP contribution in [0.2, 0.25) is 0 Å². The van der Waals surface area contributed by atoms with E-state index < -0.39 is 12.0 Å². The van der Waals surface area contributed by atoms with Crippen molar-refractivity contribution in [2.45, 2.75) is 45.0 Å². The molecule has 0 bridgehead atoms. The minimum absolute atomic E-state index is 0.229. The highest BCUT2D eigenvalue weighted by Crippen LogP contribution is 2.41. The van der Waals surface area contributed by atoms with Crippen LogP contribution in [0.4, 0.5) is 0 Å². The molecule has 1 saturated heterocycles. The molecule has 2 aromatic rings. The molecule has 29 heavy (non-hydrogen) atoms. The van der Waals surface area contributed by atoms with Gasteiger partial charge in [0.2, 0.25) is 11.7 Å². The van der Waals surface area contributed by atoms with Crippen molar-refractivity contribution in [2.24, 2.45) is 0 Å². The standard InChI is InChI=1S/C22H25NO5S/c1-4-15-8-9-16(5-2)17(11-15)19(25)12-28-22(26)18-13-29-21(23(18)14(3)24)20-7-6-10-27-20/h6-11,18,21H,4-5,12-13H2,1-3H3/t18-,21+/m0/s1. The molecule has 2 atom stereocenters. The fourth-order valence-corrected chi connectivity index (χ4v) is 4.86. The summed E-state index contributed by atoms with van der Waals surface area (Å²) in [6.45, 7) is 5.09. The Kier molecular flexibility index (Phi) is 6.79. The molecule has 3 rings (SSSR count). The number of amides is 1. The van der Waals surface area contributed by atoms with Crippen molar-refractivity contribution in [2.75, 3.05) is 12.4 Å². The summed E-state index contributed by atoms with van der Waals surface area (Å²) in [7, 11) is 0. The zero-order valence-electron chi connectivity index (χ0n) is 16.8. The zero-order valence-corrected chi connectivity index (χ0v) is 17.7. The summed E-state index contributed by atoms with van der Waals surface area (Å²) in [6.07, 6.45) is 3.08. The van der Waals surface area contributed by atoms with E-state index in [-0.39, 0.29) is 23.7 Å². The molecule has 2 heterocycles. The number of carbonyl (C=O) groups excluding carboxylic acids is 3. The lowest BCUT2D eigenvalue weighted by atomic mass is 9.98. The van der Waals surface area contributed by atoms with E-state index in [2.05, 4.69) is 0 Å². The quantitative estimate of drug-likeness (QED) is 0.506. The van der Waals surface area contributed by atoms with Gasteiger partial charge in [-0.15, -0.1) is 11.8 Å². The summed E-state index contributed by atoms with van der Waals surface area (Å²) in [5.41, 5.74) is 2.59. The number of benzene rings is 1. The van der Waals surface area contributed by atoms with Gasteiger partial charge in [-0.3, -0.25) is 9.59 Å². The molecule has 0 N–H and O–H groups in total. The van der Waals surface area contributed by atoms with Gasteiger partial charge in [-0.05, 0) is 42.2 Å². The van der Waals surface area contributed by atoms with Crippen LogP contribution >= 0.6 is 11.8 Å². The minimum atomic E-state index is -0.743. The predicted octanol–water partition coefficient (Wildman–Crippen LogP) is 3.79. The van der Waals surface area contributed by atoms with Crippen molar-refractivity contribution in [3.63, 3.8) is 0 Å². The number of hydrogen-bond donors (Lipinski definition) is 0. The maximum atomic E-state index is 12.7. The molecule has 1 fully saturated rings. The molecule has 0 aliphatic carbocycles. The maximum absolute atomic E-state index is 12.7. The van der Waals surface area contributed by atoms with Crippen LogP contribution in [0.3, 0.4) is 0 Å². The van der Waals surface area contributed by atoms with Gasteiger partial charge in [-0.25, -0.2) is 4.79 Å². The van der Waals surface area contributed by atoms with Crippen molar-refractivity contribution < 1.29 is 23.5 Å². The van der Waals surface area contributed by atoms with E-state index in [0.29, 0.717) is 17.1 Å². The number of aryl methyl sites for hydroxylation is 2. The van der Waals surface area contributed by atoms with Crippen LogP contribution in [0.5, 0.6) is 0 Å². The molecule has 1 aromatic carbocycles. The van der Waals surface area contributed by atoms with Crippen LogP contribution in [0.1, 0.15) is 53.4 Å². The van der Waals surface area contributed by atoms with Gasteiger partial charge in [0, 0.05) is 18.2 Å². The third-order valence-corrected chi connectivity index (χ3v) is 6.32. The lowest BCUT2D eigenvalue weighted by Gasteiger charge is -2.25. The fraction of sp³-hybridized carbons (Fsp3) is 0.409. The molecule has 0 spiro atoms. The number of rotatable bonds is 7. The van der Waals surface area contributed by atoms with E-state index >= 15 is 0 Å². The lowest BCUT2D eigenvalue weighted by Crippen LogP contribution is -2.43. The van der Waals surface area contributed by atoms with Crippen molar-refractivity contribution >= 4 is 29.4 Å². The molecule has 0 unspecified atom stereocenters. The summed E-state index contributed by atoms with van der Waals surface area (Å²) >= 11 is 1.44. The van der Waals surface area contributed by atoms with Gasteiger partial charge in [0.25, 0.3) is 0 Å². The topological polar surface area (TPSA) is 76.8 Å². The smallest absolute Gasteiger partial charge is 0.330 e. The average molecular weight is 416 g/mol. The minimum Gasteiger partial charge on any atom is -0.466 e. The number of ketones is 1. The molecule has 1 aromatic heterocycles. The van der Waals surface area contributed by atoms with E-state index in [4.69, 9.17) is 9.15 Å². The summed E-state index contributed by atoms with van der Waals surface area (Å²) in [5.74, 6) is -0.0363. The van der Waals surface area contributed by atoms with Crippen LogP contribution in [-0.2, 0) is 27.2 Å². The molecule has 0 saturated carbocycles. The van der Waals surface area contributed by atoms with E-state index in [1.165, 1.54) is 29.8 Å². The van der Waals surface area contributed by atoms with Crippen LogP contribution < -0.4 is 0 Å². The van der Waals surface area contributed by atoms with Crippen LogP contribution in [0, 0.1) is 0 Å². The highest BCUT2D eigenvalue weighted by Gasteiger charge is 2.43. The molecular weight excluding hydrogens is 390 g/mol. The highest BCUT2D eigenvalue weighted by atomic mass is 32.2. The first-order valence-corrected chi connectivity index (χ1v) is 10.8. The normalized spacial score (nSPS) is 18.7. The SMILES string of the molecule is CCc1ccc(CC)c(C(=O)COC(=O)[C@@H]2CS[C@H](c3ccco3)N2C(C)=O)c1. The molecule has 1 aliphatic rings. The summed E-state index contributed by atoms with van der Waals surface area (Å²) in [6, 6.07) is 8.61. The van der Waals surface area contributed by atoms with Gasteiger partial charge in [0.1, 0.15) is 17.2 Å². The Bertz CT molecular complexity index is 893. The van der Waals surface area contributed by atoms with E-state index in [0.717, 1.165) is 24.0 Å². The van der Waals surface area contributed by atoms with Gasteiger partial charge in [0.15, 0.2) is 6.61 Å². The van der Waals surface area contributed by atoms with Gasteiger partial charge >= 0.3 is 5.97 Å². The van der Waals surface area contributed by atoms with Gasteiger partial charge < -0.3 is 14.1 Å². The van der Waals surface area contributed by atoms with Crippen molar-refractivity contribution in [1.82, 2.24) is 4.90 Å². The number of hydrogen-bond acceptors (Lipinski definition) is 6. The van der Waals surface area contributed by atoms with Crippen LogP contribution in [0.15, 0.2) is 41.0 Å². The van der Waals surface area contributed by atoms with Crippen molar-refractivity contribution in [3.05, 3.63) is 59.0 Å². The Morgan fingerprint density at radius 2 is 2.00 bits per heavy atom. The molecule has 1 amide bonds. The summed E-state index contributed by atoms with van der Waals surface area (Å²) < 4.78 is 10.7. The maximum Gasteiger partial charge on any atom is 0.330 e. The third-order valence-electron chi connectivity index (χ3n) is 5.03. The van der Waals surface area contributed by atoms with E-state index in [1.807, 2.05) is 32.0 Å². The first-order chi connectivity index (χ1) is 14.0. The van der Waals surface area contributed by atoms with Gasteiger partial charge in [0.05, 0.1) is 6.26 Å². The molecule has 1 aliphatic heterocycles. The van der Waals surface area contributed by atoms with Crippen molar-refractivity contribution in [3.8, 4) is 0 Å². The second kappa shape index (κ2) is 9.31. The van der Waals surface area contributed by atoms with E-state index in [1.54, 1.807) is 12.1 Å². The summed E-state index contributed by atoms with van der Waals surface area (Å²) in [4.78, 5) is 39.0. The molecule has 6 nitrogen and oxygen atoms in total. The molecular formula is C22H25NO5S. The Hall–Kier alpha value is -2.54.